The van der Waals surface area contributed by atoms with Crippen LogP contribution >= 0.6 is 0 Å². The van der Waals surface area contributed by atoms with E-state index in [9.17, 15) is 5.11 Å². The average molecular weight is 349 g/mol. The van der Waals surface area contributed by atoms with Gasteiger partial charge in [-0.25, -0.2) is 0 Å². The van der Waals surface area contributed by atoms with Crippen LogP contribution in [0.1, 0.15) is 72.6 Å². The van der Waals surface area contributed by atoms with Crippen LogP contribution in [0.25, 0.3) is 0 Å². The fourth-order valence-electron chi connectivity index (χ4n) is 2.89. The van der Waals surface area contributed by atoms with E-state index in [0.29, 0.717) is 0 Å². The summed E-state index contributed by atoms with van der Waals surface area (Å²) in [4.78, 5) is 0. The zero-order valence-corrected chi connectivity index (χ0v) is 15.4. The molecule has 0 radical (unpaired) electrons. The molecule has 1 nitrogen and oxygen atoms in total. The standard InChI is InChI=1S/3C4H9.C3H7O.Sn/c3*1-3-4-2;1-2-3-4;/h3*1,3-4H2,2H3;3-4H,2H2,1H3;. The number of aliphatic hydroxyl groups is 1. The third-order valence-corrected chi connectivity index (χ3v) is 20.9. The van der Waals surface area contributed by atoms with Crippen molar-refractivity contribution in [2.75, 3.05) is 0 Å². The summed E-state index contributed by atoms with van der Waals surface area (Å²) in [6.45, 7) is 9.04. The molecule has 0 aromatic rings. The van der Waals surface area contributed by atoms with Crippen LogP contribution < -0.4 is 0 Å². The summed E-state index contributed by atoms with van der Waals surface area (Å²) in [5.74, 6) is 0. The maximum atomic E-state index is 10.5. The second-order valence-electron chi connectivity index (χ2n) is 5.60. The van der Waals surface area contributed by atoms with Gasteiger partial charge in [-0.05, 0) is 0 Å². The van der Waals surface area contributed by atoms with Crippen molar-refractivity contribution in [3.8, 4) is 0 Å². The number of unbranched alkanes of at least 4 members (excludes halogenated alkanes) is 3. The van der Waals surface area contributed by atoms with Gasteiger partial charge in [0.25, 0.3) is 0 Å². The molecule has 1 unspecified atom stereocenters. The van der Waals surface area contributed by atoms with Gasteiger partial charge in [0, 0.05) is 0 Å². The van der Waals surface area contributed by atoms with Gasteiger partial charge in [-0.1, -0.05) is 0 Å². The van der Waals surface area contributed by atoms with Crippen LogP contribution in [0.4, 0.5) is 0 Å². The molecule has 0 spiro atoms. The first-order valence-corrected chi connectivity index (χ1v) is 15.5. The Labute approximate surface area is 113 Å². The molecular formula is C15H34OSn. The van der Waals surface area contributed by atoms with Gasteiger partial charge >= 0.3 is 114 Å². The average Bonchev–Trinajstić information content (AvgIpc) is 2.37. The quantitative estimate of drug-likeness (QED) is 0.512. The van der Waals surface area contributed by atoms with E-state index in [2.05, 4.69) is 27.7 Å². The van der Waals surface area contributed by atoms with E-state index in [1.54, 1.807) is 0 Å². The Hall–Kier alpha value is 0.759. The van der Waals surface area contributed by atoms with Crippen LogP contribution in [0.15, 0.2) is 0 Å². The van der Waals surface area contributed by atoms with E-state index < -0.39 is 18.4 Å². The van der Waals surface area contributed by atoms with Crippen molar-refractivity contribution in [1.29, 1.82) is 0 Å². The molecule has 0 saturated heterocycles. The van der Waals surface area contributed by atoms with Gasteiger partial charge in [0.2, 0.25) is 0 Å². The molecule has 2 heteroatoms. The fraction of sp³-hybridized carbons (Fsp3) is 1.00. The molecule has 0 aromatic carbocycles. The summed E-state index contributed by atoms with van der Waals surface area (Å²) in [6, 6.07) is 0. The van der Waals surface area contributed by atoms with Crippen LogP contribution in [0, 0.1) is 0 Å². The molecule has 1 N–H and O–H groups in total. The zero-order chi connectivity index (χ0) is 13.1. The number of rotatable bonds is 11. The van der Waals surface area contributed by atoms with Gasteiger partial charge in [0.1, 0.15) is 0 Å². The third-order valence-electron chi connectivity index (χ3n) is 4.18. The van der Waals surface area contributed by atoms with Gasteiger partial charge in [0.05, 0.1) is 0 Å². The van der Waals surface area contributed by atoms with Gasteiger partial charge in [-0.15, -0.1) is 0 Å². The predicted molar refractivity (Wildman–Crippen MR) is 81.2 cm³/mol. The van der Waals surface area contributed by atoms with Crippen molar-refractivity contribution in [3.05, 3.63) is 0 Å². The van der Waals surface area contributed by atoms with Crippen LogP contribution in [0.3, 0.4) is 0 Å². The van der Waals surface area contributed by atoms with Crippen molar-refractivity contribution in [2.45, 2.75) is 90.1 Å². The Morgan fingerprint density at radius 2 is 1.12 bits per heavy atom. The van der Waals surface area contributed by atoms with E-state index in [-0.39, 0.29) is 4.12 Å². The summed E-state index contributed by atoms with van der Waals surface area (Å²) >= 11 is -2.24. The predicted octanol–water partition coefficient (Wildman–Crippen LogP) is 5.15. The Kier molecular flexibility index (Phi) is 11.1. The molecule has 1 atom stereocenters. The molecule has 104 valence electrons. The Morgan fingerprint density at radius 3 is 1.35 bits per heavy atom. The number of hydrogen-bond donors (Lipinski definition) is 1. The molecule has 17 heavy (non-hydrogen) atoms. The van der Waals surface area contributed by atoms with Crippen molar-refractivity contribution in [2.24, 2.45) is 0 Å². The van der Waals surface area contributed by atoms with Gasteiger partial charge in [-0.3, -0.25) is 0 Å². The van der Waals surface area contributed by atoms with E-state index in [1.165, 1.54) is 51.8 Å². The molecule has 0 bridgehead atoms. The molecule has 0 rings (SSSR count). The number of hydrogen-bond acceptors (Lipinski definition) is 1. The zero-order valence-electron chi connectivity index (χ0n) is 12.6. The molecule has 0 aliphatic carbocycles. The second-order valence-corrected chi connectivity index (χ2v) is 19.6. The van der Waals surface area contributed by atoms with Crippen molar-refractivity contribution < 1.29 is 5.11 Å². The number of aliphatic hydroxyl groups excluding tert-OH is 1. The first-order chi connectivity index (χ1) is 8.16. The first-order valence-electron chi connectivity index (χ1n) is 7.84. The SMILES string of the molecule is CCC[CH2][Sn]([CH2]CCC)([CH2]CCC)[CH](O)CC. The monoisotopic (exact) mass is 350 g/mol. The molecule has 0 aromatic heterocycles. The summed E-state index contributed by atoms with van der Waals surface area (Å²) in [5.41, 5.74) is 0. The minimum atomic E-state index is -2.24. The molecule has 0 heterocycles. The van der Waals surface area contributed by atoms with Gasteiger partial charge in [0.15, 0.2) is 0 Å². The Balaban J connectivity index is 4.63. The second kappa shape index (κ2) is 10.7. The molecule has 0 fully saturated rings. The summed E-state index contributed by atoms with van der Waals surface area (Å²) in [6.07, 6.45) is 8.99. The summed E-state index contributed by atoms with van der Waals surface area (Å²) < 4.78 is 4.41. The molecule has 0 saturated carbocycles. The molecule has 0 amide bonds. The molecular weight excluding hydrogens is 315 g/mol. The van der Waals surface area contributed by atoms with Crippen LogP contribution in [0.5, 0.6) is 0 Å². The molecule has 0 aliphatic rings. The van der Waals surface area contributed by atoms with E-state index in [4.69, 9.17) is 0 Å². The normalized spacial score (nSPS) is 13.9. The van der Waals surface area contributed by atoms with E-state index in [1.807, 2.05) is 0 Å². The first kappa shape index (κ1) is 17.8. The van der Waals surface area contributed by atoms with E-state index >= 15 is 0 Å². The van der Waals surface area contributed by atoms with Crippen molar-refractivity contribution >= 4 is 18.4 Å². The maximum absolute atomic E-state index is 10.5. The third kappa shape index (κ3) is 6.47. The minimum absolute atomic E-state index is 0.119. The van der Waals surface area contributed by atoms with Gasteiger partial charge < -0.3 is 0 Å². The topological polar surface area (TPSA) is 20.2 Å². The van der Waals surface area contributed by atoms with Crippen LogP contribution in [-0.2, 0) is 0 Å². The molecule has 0 aliphatic heterocycles. The fourth-order valence-corrected chi connectivity index (χ4v) is 19.4. The van der Waals surface area contributed by atoms with Crippen LogP contribution in [0.2, 0.25) is 13.3 Å². The Morgan fingerprint density at radius 1 is 0.765 bits per heavy atom. The summed E-state index contributed by atoms with van der Waals surface area (Å²) in [5, 5.41) is 10.5. The van der Waals surface area contributed by atoms with Gasteiger partial charge in [-0.2, -0.15) is 0 Å². The van der Waals surface area contributed by atoms with Crippen LogP contribution in [-0.4, -0.2) is 27.6 Å². The summed E-state index contributed by atoms with van der Waals surface area (Å²) in [7, 11) is 0. The van der Waals surface area contributed by atoms with Crippen molar-refractivity contribution in [1.82, 2.24) is 0 Å². The van der Waals surface area contributed by atoms with E-state index in [0.717, 1.165) is 6.42 Å². The Bertz CT molecular complexity index is 149. The van der Waals surface area contributed by atoms with Crippen molar-refractivity contribution in [3.63, 3.8) is 0 Å².